The molecule has 0 aliphatic carbocycles. The van der Waals surface area contributed by atoms with Crippen molar-refractivity contribution in [3.8, 4) is 0 Å². The van der Waals surface area contributed by atoms with Gasteiger partial charge in [-0.2, -0.15) is 0 Å². The van der Waals surface area contributed by atoms with Crippen molar-refractivity contribution in [2.24, 2.45) is 5.92 Å². The molecule has 88 valence electrons. The fraction of sp³-hybridized carbons (Fsp3) is 0.500. The summed E-state index contributed by atoms with van der Waals surface area (Å²) >= 11 is 0. The van der Waals surface area contributed by atoms with Crippen LogP contribution < -0.4 is 0 Å². The van der Waals surface area contributed by atoms with Crippen LogP contribution in [0.15, 0.2) is 24.3 Å². The van der Waals surface area contributed by atoms with E-state index in [1.165, 1.54) is 11.1 Å². The van der Waals surface area contributed by atoms with Crippen LogP contribution in [-0.2, 0) is 17.6 Å². The Bertz CT molecular complexity index is 325. The van der Waals surface area contributed by atoms with Gasteiger partial charge in [0.2, 0.25) is 0 Å². The highest BCUT2D eigenvalue weighted by Gasteiger charge is 2.00. The molecule has 1 rings (SSSR count). The van der Waals surface area contributed by atoms with Gasteiger partial charge in [0.15, 0.2) is 0 Å². The van der Waals surface area contributed by atoms with Crippen molar-refractivity contribution in [2.45, 2.75) is 39.5 Å². The summed E-state index contributed by atoms with van der Waals surface area (Å²) in [4.78, 5) is 10.4. The normalized spacial score (nSPS) is 10.7. The lowest BCUT2D eigenvalue weighted by Crippen LogP contribution is -1.97. The maximum atomic E-state index is 10.4. The largest absolute Gasteiger partial charge is 0.481 e. The highest BCUT2D eigenvalue weighted by atomic mass is 16.4. The highest BCUT2D eigenvalue weighted by Crippen LogP contribution is 2.11. The van der Waals surface area contributed by atoms with Crippen LogP contribution in [0.3, 0.4) is 0 Å². The summed E-state index contributed by atoms with van der Waals surface area (Å²) in [6.07, 6.45) is 2.94. The molecule has 0 fully saturated rings. The molecule has 2 heteroatoms. The van der Waals surface area contributed by atoms with E-state index >= 15 is 0 Å². The van der Waals surface area contributed by atoms with Gasteiger partial charge in [-0.3, -0.25) is 4.79 Å². The Morgan fingerprint density at radius 1 is 1.19 bits per heavy atom. The number of carboxylic acids is 1. The van der Waals surface area contributed by atoms with Gasteiger partial charge < -0.3 is 5.11 Å². The fourth-order valence-corrected chi connectivity index (χ4v) is 1.76. The third-order valence-corrected chi connectivity index (χ3v) is 2.52. The van der Waals surface area contributed by atoms with Gasteiger partial charge in [-0.05, 0) is 36.3 Å². The summed E-state index contributed by atoms with van der Waals surface area (Å²) in [5.74, 6) is -0.0331. The molecule has 0 unspecified atom stereocenters. The molecule has 0 amide bonds. The second kappa shape index (κ2) is 6.31. The topological polar surface area (TPSA) is 37.3 Å². The third kappa shape index (κ3) is 4.96. The Labute approximate surface area is 97.3 Å². The predicted octanol–water partition coefficient (Wildman–Crippen LogP) is 3.29. The zero-order valence-electron chi connectivity index (χ0n) is 10.1. The van der Waals surface area contributed by atoms with E-state index in [1.807, 2.05) is 0 Å². The maximum absolute atomic E-state index is 10.4. The molecule has 0 saturated carbocycles. The molecule has 0 saturated heterocycles. The summed E-state index contributed by atoms with van der Waals surface area (Å²) in [6, 6.07) is 8.52. The van der Waals surface area contributed by atoms with Crippen molar-refractivity contribution < 1.29 is 9.90 Å². The first kappa shape index (κ1) is 12.8. The zero-order valence-corrected chi connectivity index (χ0v) is 10.1. The number of benzene rings is 1. The van der Waals surface area contributed by atoms with Gasteiger partial charge in [-0.15, -0.1) is 0 Å². The van der Waals surface area contributed by atoms with E-state index in [1.54, 1.807) is 0 Å². The average Bonchev–Trinajstić information content (AvgIpc) is 2.19. The van der Waals surface area contributed by atoms with Gasteiger partial charge in [0.05, 0.1) is 0 Å². The standard InChI is InChI=1S/C14H20O2/c1-11(2)10-13-8-6-12(7-9-13)4-3-5-14(15)16/h6-9,11H,3-5,10H2,1-2H3,(H,15,16). The minimum atomic E-state index is -0.712. The molecule has 2 nitrogen and oxygen atoms in total. The van der Waals surface area contributed by atoms with Crippen molar-refractivity contribution in [1.82, 2.24) is 0 Å². The van der Waals surface area contributed by atoms with Gasteiger partial charge in [0, 0.05) is 6.42 Å². The minimum absolute atomic E-state index is 0.258. The second-order valence-corrected chi connectivity index (χ2v) is 4.66. The smallest absolute Gasteiger partial charge is 0.303 e. The fourth-order valence-electron chi connectivity index (χ4n) is 1.76. The summed E-state index contributed by atoms with van der Waals surface area (Å²) in [5, 5.41) is 8.53. The predicted molar refractivity (Wildman–Crippen MR) is 65.6 cm³/mol. The van der Waals surface area contributed by atoms with E-state index in [4.69, 9.17) is 5.11 Å². The number of aliphatic carboxylic acids is 1. The van der Waals surface area contributed by atoms with Crippen molar-refractivity contribution >= 4 is 5.97 Å². The van der Waals surface area contributed by atoms with Crippen molar-refractivity contribution in [3.63, 3.8) is 0 Å². The molecule has 0 bridgehead atoms. The summed E-state index contributed by atoms with van der Waals surface area (Å²) in [5.41, 5.74) is 2.59. The van der Waals surface area contributed by atoms with Gasteiger partial charge in [-0.25, -0.2) is 0 Å². The lowest BCUT2D eigenvalue weighted by molar-refractivity contribution is -0.137. The number of hydrogen-bond acceptors (Lipinski definition) is 1. The quantitative estimate of drug-likeness (QED) is 0.798. The Kier molecular flexibility index (Phi) is 5.03. The molecule has 0 aromatic heterocycles. The Morgan fingerprint density at radius 2 is 1.75 bits per heavy atom. The van der Waals surface area contributed by atoms with Gasteiger partial charge in [0.25, 0.3) is 0 Å². The van der Waals surface area contributed by atoms with Gasteiger partial charge >= 0.3 is 5.97 Å². The van der Waals surface area contributed by atoms with E-state index in [0.717, 1.165) is 19.3 Å². The van der Waals surface area contributed by atoms with Crippen LogP contribution in [0.2, 0.25) is 0 Å². The van der Waals surface area contributed by atoms with Crippen molar-refractivity contribution in [2.75, 3.05) is 0 Å². The molecule has 0 aliphatic heterocycles. The lowest BCUT2D eigenvalue weighted by Gasteiger charge is -2.06. The Morgan fingerprint density at radius 3 is 2.25 bits per heavy atom. The molecule has 1 aromatic carbocycles. The Balaban J connectivity index is 2.42. The molecule has 16 heavy (non-hydrogen) atoms. The number of carbonyl (C=O) groups is 1. The van der Waals surface area contributed by atoms with Crippen molar-refractivity contribution in [1.29, 1.82) is 0 Å². The van der Waals surface area contributed by atoms with E-state index in [2.05, 4.69) is 38.1 Å². The van der Waals surface area contributed by atoms with Crippen LogP contribution >= 0.6 is 0 Å². The van der Waals surface area contributed by atoms with Gasteiger partial charge in [-0.1, -0.05) is 38.1 Å². The molecular weight excluding hydrogens is 200 g/mol. The van der Waals surface area contributed by atoms with Crippen LogP contribution in [0.25, 0.3) is 0 Å². The number of carboxylic acid groups (broad SMARTS) is 1. The molecule has 0 heterocycles. The first-order valence-corrected chi connectivity index (χ1v) is 5.87. The SMILES string of the molecule is CC(C)Cc1ccc(CCCC(=O)O)cc1. The summed E-state index contributed by atoms with van der Waals surface area (Å²) in [6.45, 7) is 4.42. The average molecular weight is 220 g/mol. The number of rotatable bonds is 6. The van der Waals surface area contributed by atoms with E-state index in [9.17, 15) is 4.79 Å². The monoisotopic (exact) mass is 220 g/mol. The maximum Gasteiger partial charge on any atom is 0.303 e. The molecular formula is C14H20O2. The number of hydrogen-bond donors (Lipinski definition) is 1. The molecule has 0 spiro atoms. The van der Waals surface area contributed by atoms with E-state index in [0.29, 0.717) is 5.92 Å². The molecule has 0 atom stereocenters. The van der Waals surface area contributed by atoms with Crippen LogP contribution in [0, 0.1) is 5.92 Å². The minimum Gasteiger partial charge on any atom is -0.481 e. The second-order valence-electron chi connectivity index (χ2n) is 4.66. The van der Waals surface area contributed by atoms with E-state index in [-0.39, 0.29) is 6.42 Å². The molecule has 1 aromatic rings. The molecule has 0 radical (unpaired) electrons. The van der Waals surface area contributed by atoms with Gasteiger partial charge in [0.1, 0.15) is 0 Å². The summed E-state index contributed by atoms with van der Waals surface area (Å²) in [7, 11) is 0. The van der Waals surface area contributed by atoms with E-state index < -0.39 is 5.97 Å². The lowest BCUT2D eigenvalue weighted by atomic mass is 10.0. The number of aryl methyl sites for hydroxylation is 1. The first-order chi connectivity index (χ1) is 7.58. The summed E-state index contributed by atoms with van der Waals surface area (Å²) < 4.78 is 0. The zero-order chi connectivity index (χ0) is 12.0. The van der Waals surface area contributed by atoms with Crippen LogP contribution in [-0.4, -0.2) is 11.1 Å². The van der Waals surface area contributed by atoms with Crippen LogP contribution in [0.1, 0.15) is 37.8 Å². The molecule has 0 aliphatic rings. The third-order valence-electron chi connectivity index (χ3n) is 2.52. The van der Waals surface area contributed by atoms with Crippen LogP contribution in [0.5, 0.6) is 0 Å². The highest BCUT2D eigenvalue weighted by molar-refractivity contribution is 5.66. The van der Waals surface area contributed by atoms with Crippen LogP contribution in [0.4, 0.5) is 0 Å². The Hall–Kier alpha value is -1.31. The first-order valence-electron chi connectivity index (χ1n) is 5.87. The van der Waals surface area contributed by atoms with Crippen molar-refractivity contribution in [3.05, 3.63) is 35.4 Å². The molecule has 1 N–H and O–H groups in total.